The number of fused-ring (bicyclic) bond motifs is 1. The highest BCUT2D eigenvalue weighted by molar-refractivity contribution is 6.00. The summed E-state index contributed by atoms with van der Waals surface area (Å²) >= 11 is 0. The second kappa shape index (κ2) is 8.86. The van der Waals surface area contributed by atoms with Gasteiger partial charge in [0.1, 0.15) is 5.76 Å². The third kappa shape index (κ3) is 3.99. The van der Waals surface area contributed by atoms with E-state index in [-0.39, 0.29) is 42.6 Å². The summed E-state index contributed by atoms with van der Waals surface area (Å²) in [5, 5.41) is 0. The second-order valence-electron chi connectivity index (χ2n) is 6.45. The maximum atomic E-state index is 12.8. The van der Waals surface area contributed by atoms with Crippen molar-refractivity contribution >= 4 is 11.9 Å². The van der Waals surface area contributed by atoms with Crippen molar-refractivity contribution in [2.24, 2.45) is 0 Å². The van der Waals surface area contributed by atoms with Crippen LogP contribution in [0.1, 0.15) is 53.7 Å². The van der Waals surface area contributed by atoms with E-state index in [1.54, 1.807) is 18.4 Å². The largest absolute Gasteiger partial charge is 0.476 e. The standard InChI is InChI=1S/C22H25NO6/c1-5-16-14(4)28-19-17(21(24)26-6-2)23(13-15-11-9-8-10-12-15)18(20(19)29-16)22(25)27-7-3/h8-12,16H,4-7,13H2,1-3H3. The van der Waals surface area contributed by atoms with Crippen molar-refractivity contribution in [3.8, 4) is 11.5 Å². The smallest absolute Gasteiger partial charge is 0.359 e. The summed E-state index contributed by atoms with van der Waals surface area (Å²) < 4.78 is 23.9. The van der Waals surface area contributed by atoms with Crippen molar-refractivity contribution in [1.82, 2.24) is 4.57 Å². The Bertz CT molecular complexity index is 915. The molecule has 0 saturated carbocycles. The van der Waals surface area contributed by atoms with E-state index in [9.17, 15) is 9.59 Å². The molecule has 29 heavy (non-hydrogen) atoms. The van der Waals surface area contributed by atoms with Gasteiger partial charge in [-0.25, -0.2) is 9.59 Å². The lowest BCUT2D eigenvalue weighted by Crippen LogP contribution is -2.26. The van der Waals surface area contributed by atoms with Gasteiger partial charge in [-0.3, -0.25) is 0 Å². The summed E-state index contributed by atoms with van der Waals surface area (Å²) in [4.78, 5) is 25.7. The number of hydrogen-bond acceptors (Lipinski definition) is 6. The van der Waals surface area contributed by atoms with Crippen molar-refractivity contribution < 1.29 is 28.5 Å². The maximum Gasteiger partial charge on any atom is 0.359 e. The fourth-order valence-electron chi connectivity index (χ4n) is 3.22. The van der Waals surface area contributed by atoms with Crippen molar-refractivity contribution in [3.05, 3.63) is 59.6 Å². The minimum atomic E-state index is -0.610. The SMILES string of the molecule is C=C1Oc2c(c(C(=O)OCC)n(Cc3ccccc3)c2C(=O)OCC)OC1CC. The van der Waals surface area contributed by atoms with Gasteiger partial charge in [-0.2, -0.15) is 0 Å². The molecule has 0 radical (unpaired) electrons. The van der Waals surface area contributed by atoms with Gasteiger partial charge in [0, 0.05) is 6.54 Å². The number of hydrogen-bond donors (Lipinski definition) is 0. The molecule has 7 nitrogen and oxygen atoms in total. The molecule has 7 heteroatoms. The van der Waals surface area contributed by atoms with Gasteiger partial charge in [-0.05, 0) is 25.8 Å². The zero-order valence-electron chi connectivity index (χ0n) is 16.9. The molecule has 0 fully saturated rings. The Morgan fingerprint density at radius 3 is 2.14 bits per heavy atom. The van der Waals surface area contributed by atoms with Crippen LogP contribution in [-0.4, -0.2) is 35.8 Å². The molecule has 3 rings (SSSR count). The molecule has 0 N–H and O–H groups in total. The van der Waals surface area contributed by atoms with E-state index in [2.05, 4.69) is 6.58 Å². The van der Waals surface area contributed by atoms with Crippen molar-refractivity contribution in [3.63, 3.8) is 0 Å². The minimum absolute atomic E-state index is 0.101. The summed E-state index contributed by atoms with van der Waals surface area (Å²) in [5.41, 5.74) is 1.12. The molecule has 0 bridgehead atoms. The second-order valence-corrected chi connectivity index (χ2v) is 6.45. The van der Waals surface area contributed by atoms with E-state index in [4.69, 9.17) is 18.9 Å². The average Bonchev–Trinajstić information content (AvgIpc) is 3.01. The van der Waals surface area contributed by atoms with Crippen LogP contribution in [0.25, 0.3) is 0 Å². The summed E-state index contributed by atoms with van der Waals surface area (Å²) in [6, 6.07) is 9.46. The molecule has 1 unspecified atom stereocenters. The normalized spacial score (nSPS) is 15.1. The number of carbonyl (C=O) groups excluding carboxylic acids is 2. The quantitative estimate of drug-likeness (QED) is 0.656. The van der Waals surface area contributed by atoms with Crippen LogP contribution >= 0.6 is 0 Å². The Labute approximate surface area is 169 Å². The third-order valence-corrected chi connectivity index (χ3v) is 4.52. The number of benzene rings is 1. The third-order valence-electron chi connectivity index (χ3n) is 4.52. The molecule has 1 atom stereocenters. The van der Waals surface area contributed by atoms with Gasteiger partial charge in [-0.1, -0.05) is 43.8 Å². The molecule has 1 aliphatic heterocycles. The summed E-state index contributed by atoms with van der Waals surface area (Å²) in [6.45, 7) is 9.84. The van der Waals surface area contributed by atoms with Gasteiger partial charge in [0.25, 0.3) is 0 Å². The molecule has 0 spiro atoms. The molecule has 1 aromatic heterocycles. The predicted octanol–water partition coefficient (Wildman–Crippen LogP) is 3.95. The summed E-state index contributed by atoms with van der Waals surface area (Å²) in [5.74, 6) is -0.514. The highest BCUT2D eigenvalue weighted by Crippen LogP contribution is 2.45. The van der Waals surface area contributed by atoms with Crippen molar-refractivity contribution in [2.45, 2.75) is 39.8 Å². The van der Waals surface area contributed by atoms with Crippen LogP contribution in [0.5, 0.6) is 11.5 Å². The zero-order valence-corrected chi connectivity index (χ0v) is 16.9. The van der Waals surface area contributed by atoms with E-state index >= 15 is 0 Å². The Morgan fingerprint density at radius 2 is 1.59 bits per heavy atom. The van der Waals surface area contributed by atoms with Crippen LogP contribution in [0.4, 0.5) is 0 Å². The van der Waals surface area contributed by atoms with Gasteiger partial charge >= 0.3 is 11.9 Å². The van der Waals surface area contributed by atoms with Crippen LogP contribution in [0.15, 0.2) is 42.7 Å². The number of rotatable bonds is 7. The van der Waals surface area contributed by atoms with Crippen LogP contribution in [0.3, 0.4) is 0 Å². The number of esters is 2. The molecular formula is C22H25NO6. The molecule has 0 saturated heterocycles. The number of nitrogens with zero attached hydrogens (tertiary/aromatic N) is 1. The van der Waals surface area contributed by atoms with Crippen LogP contribution in [0.2, 0.25) is 0 Å². The number of ether oxygens (including phenoxy) is 4. The average molecular weight is 399 g/mol. The van der Waals surface area contributed by atoms with Crippen LogP contribution in [-0.2, 0) is 16.0 Å². The lowest BCUT2D eigenvalue weighted by atomic mass is 10.2. The lowest BCUT2D eigenvalue weighted by molar-refractivity contribution is 0.0501. The monoisotopic (exact) mass is 399 g/mol. The highest BCUT2D eigenvalue weighted by Gasteiger charge is 2.39. The van der Waals surface area contributed by atoms with E-state index in [0.717, 1.165) is 5.56 Å². The van der Waals surface area contributed by atoms with Gasteiger partial charge in [0.15, 0.2) is 23.2 Å². The molecule has 1 aromatic carbocycles. The summed E-state index contributed by atoms with van der Waals surface area (Å²) in [6.07, 6.45) is 0.164. The van der Waals surface area contributed by atoms with Gasteiger partial charge < -0.3 is 23.5 Å². The van der Waals surface area contributed by atoms with Crippen molar-refractivity contribution in [2.75, 3.05) is 13.2 Å². The topological polar surface area (TPSA) is 76.0 Å². The van der Waals surface area contributed by atoms with Crippen LogP contribution in [0, 0.1) is 0 Å². The van der Waals surface area contributed by atoms with Crippen molar-refractivity contribution in [1.29, 1.82) is 0 Å². The Balaban J connectivity index is 2.23. The van der Waals surface area contributed by atoms with Crippen LogP contribution < -0.4 is 9.47 Å². The molecule has 0 aliphatic carbocycles. The zero-order chi connectivity index (χ0) is 21.0. The molecule has 2 aromatic rings. The van der Waals surface area contributed by atoms with E-state index in [0.29, 0.717) is 12.2 Å². The fourth-order valence-corrected chi connectivity index (χ4v) is 3.22. The first-order valence-corrected chi connectivity index (χ1v) is 9.69. The molecule has 0 amide bonds. The Kier molecular flexibility index (Phi) is 6.26. The lowest BCUT2D eigenvalue weighted by Gasteiger charge is -2.25. The minimum Gasteiger partial charge on any atom is -0.476 e. The first kappa shape index (κ1) is 20.5. The Morgan fingerprint density at radius 1 is 1.00 bits per heavy atom. The highest BCUT2D eigenvalue weighted by atomic mass is 16.6. The maximum absolute atomic E-state index is 12.8. The summed E-state index contributed by atoms with van der Waals surface area (Å²) in [7, 11) is 0. The molecular weight excluding hydrogens is 374 g/mol. The van der Waals surface area contributed by atoms with Gasteiger partial charge in [-0.15, -0.1) is 0 Å². The Hall–Kier alpha value is -3.22. The number of aromatic nitrogens is 1. The predicted molar refractivity (Wildman–Crippen MR) is 106 cm³/mol. The van der Waals surface area contributed by atoms with Gasteiger partial charge in [0.05, 0.1) is 13.2 Å². The molecule has 154 valence electrons. The molecule has 1 aliphatic rings. The van der Waals surface area contributed by atoms with Gasteiger partial charge in [0.2, 0.25) is 5.75 Å². The van der Waals surface area contributed by atoms with E-state index in [1.165, 1.54) is 0 Å². The fraction of sp³-hybridized carbons (Fsp3) is 0.364. The van der Waals surface area contributed by atoms with E-state index < -0.39 is 18.0 Å². The molecule has 2 heterocycles. The first-order valence-electron chi connectivity index (χ1n) is 9.69. The number of carbonyl (C=O) groups is 2. The first-order chi connectivity index (χ1) is 14.0. The van der Waals surface area contributed by atoms with E-state index in [1.807, 2.05) is 37.3 Å².